The van der Waals surface area contributed by atoms with Crippen molar-refractivity contribution in [1.82, 2.24) is 9.78 Å². The van der Waals surface area contributed by atoms with Gasteiger partial charge in [0.1, 0.15) is 5.78 Å². The van der Waals surface area contributed by atoms with Gasteiger partial charge >= 0.3 is 0 Å². The minimum Gasteiger partial charge on any atom is -0.299 e. The molecule has 2 rings (SSSR count). The second-order valence-electron chi connectivity index (χ2n) is 4.73. The maximum Gasteiger partial charge on any atom is 0.141 e. The summed E-state index contributed by atoms with van der Waals surface area (Å²) >= 11 is 0. The summed E-state index contributed by atoms with van der Waals surface area (Å²) in [4.78, 5) is 12.0. The van der Waals surface area contributed by atoms with Crippen LogP contribution in [0.3, 0.4) is 0 Å². The van der Waals surface area contributed by atoms with Gasteiger partial charge in [0.05, 0.1) is 5.69 Å². The lowest BCUT2D eigenvalue weighted by molar-refractivity contribution is -0.122. The van der Waals surface area contributed by atoms with E-state index in [4.69, 9.17) is 0 Å². The van der Waals surface area contributed by atoms with E-state index in [-0.39, 0.29) is 0 Å². The van der Waals surface area contributed by atoms with Gasteiger partial charge in [0.2, 0.25) is 0 Å². The Bertz CT molecular complexity index is 375. The smallest absolute Gasteiger partial charge is 0.141 e. The van der Waals surface area contributed by atoms with Crippen LogP contribution in [0.1, 0.15) is 44.0 Å². The molecular weight excluding hydrogens is 200 g/mol. The summed E-state index contributed by atoms with van der Waals surface area (Å²) in [6.07, 6.45) is 6.14. The van der Waals surface area contributed by atoms with E-state index in [1.807, 2.05) is 11.7 Å². The van der Waals surface area contributed by atoms with Gasteiger partial charge in [-0.15, -0.1) is 0 Å². The number of Topliss-reactive ketones (excluding diaryl/α,β-unsaturated/α-hetero) is 1. The lowest BCUT2D eigenvalue weighted by Gasteiger charge is -2.07. The fourth-order valence-corrected chi connectivity index (χ4v) is 2.48. The third-order valence-corrected chi connectivity index (χ3v) is 3.56. The first-order valence-electron chi connectivity index (χ1n) is 6.25. The molecule has 88 valence electrons. The summed E-state index contributed by atoms with van der Waals surface area (Å²) in [5, 5.41) is 4.37. The van der Waals surface area contributed by atoms with Crippen molar-refractivity contribution in [2.75, 3.05) is 0 Å². The fourth-order valence-electron chi connectivity index (χ4n) is 2.48. The predicted molar refractivity (Wildman–Crippen MR) is 63.3 cm³/mol. The van der Waals surface area contributed by atoms with Gasteiger partial charge in [0.15, 0.2) is 0 Å². The summed E-state index contributed by atoms with van der Waals surface area (Å²) in [6.45, 7) is 2.09. The summed E-state index contributed by atoms with van der Waals surface area (Å²) in [6, 6.07) is 2.06. The molecule has 0 spiro atoms. The normalized spacial score (nSPS) is 16.9. The lowest BCUT2D eigenvalue weighted by Crippen LogP contribution is -2.15. The highest BCUT2D eigenvalue weighted by atomic mass is 16.1. The van der Waals surface area contributed by atoms with Gasteiger partial charge < -0.3 is 0 Å². The Morgan fingerprint density at radius 1 is 1.50 bits per heavy atom. The number of nitrogens with zero attached hydrogens (tertiary/aromatic N) is 2. The third-order valence-electron chi connectivity index (χ3n) is 3.56. The van der Waals surface area contributed by atoms with Gasteiger partial charge in [0, 0.05) is 25.1 Å². The molecule has 1 aromatic rings. The van der Waals surface area contributed by atoms with E-state index < -0.39 is 0 Å². The molecule has 1 aliphatic carbocycles. The van der Waals surface area contributed by atoms with Crippen molar-refractivity contribution in [2.24, 2.45) is 13.0 Å². The Morgan fingerprint density at radius 3 is 2.75 bits per heavy atom. The third kappa shape index (κ3) is 2.34. The van der Waals surface area contributed by atoms with Crippen LogP contribution in [-0.2, 0) is 24.7 Å². The van der Waals surface area contributed by atoms with Crippen molar-refractivity contribution in [2.45, 2.75) is 45.4 Å². The van der Waals surface area contributed by atoms with Gasteiger partial charge in [-0.3, -0.25) is 9.48 Å². The Balaban J connectivity index is 2.02. The molecule has 0 radical (unpaired) electrons. The summed E-state index contributed by atoms with van der Waals surface area (Å²) in [7, 11) is 1.93. The Hall–Kier alpha value is -1.12. The zero-order chi connectivity index (χ0) is 11.5. The molecule has 1 aliphatic rings. The molecule has 0 bridgehead atoms. The van der Waals surface area contributed by atoms with Crippen LogP contribution in [0.4, 0.5) is 0 Å². The first kappa shape index (κ1) is 11.4. The van der Waals surface area contributed by atoms with Crippen LogP contribution >= 0.6 is 0 Å². The topological polar surface area (TPSA) is 34.9 Å². The van der Waals surface area contributed by atoms with E-state index >= 15 is 0 Å². The van der Waals surface area contributed by atoms with E-state index in [2.05, 4.69) is 18.1 Å². The van der Waals surface area contributed by atoms with E-state index in [9.17, 15) is 4.79 Å². The SMILES string of the molecule is CCc1cc(CC(=O)C2CCCC2)n(C)n1. The number of aryl methyl sites for hydroxylation is 2. The highest BCUT2D eigenvalue weighted by Crippen LogP contribution is 2.26. The average Bonchev–Trinajstić information content (AvgIpc) is 2.88. The molecule has 0 N–H and O–H groups in total. The van der Waals surface area contributed by atoms with Crippen molar-refractivity contribution in [1.29, 1.82) is 0 Å². The largest absolute Gasteiger partial charge is 0.299 e. The van der Waals surface area contributed by atoms with E-state index in [0.717, 1.165) is 30.7 Å². The highest BCUT2D eigenvalue weighted by molar-refractivity contribution is 5.83. The molecule has 1 heterocycles. The van der Waals surface area contributed by atoms with Crippen molar-refractivity contribution in [3.05, 3.63) is 17.5 Å². The molecule has 3 nitrogen and oxygen atoms in total. The zero-order valence-corrected chi connectivity index (χ0v) is 10.2. The molecule has 0 atom stereocenters. The van der Waals surface area contributed by atoms with Crippen LogP contribution in [-0.4, -0.2) is 15.6 Å². The first-order chi connectivity index (χ1) is 7.70. The van der Waals surface area contributed by atoms with Crippen LogP contribution in [0, 0.1) is 5.92 Å². The van der Waals surface area contributed by atoms with E-state index in [0.29, 0.717) is 18.1 Å². The van der Waals surface area contributed by atoms with Gasteiger partial charge in [-0.05, 0) is 25.3 Å². The maximum atomic E-state index is 12.0. The molecule has 1 fully saturated rings. The second-order valence-corrected chi connectivity index (χ2v) is 4.73. The number of rotatable bonds is 4. The number of hydrogen-bond acceptors (Lipinski definition) is 2. The zero-order valence-electron chi connectivity index (χ0n) is 10.2. The van der Waals surface area contributed by atoms with E-state index in [1.54, 1.807) is 0 Å². The standard InChI is InChI=1S/C13H20N2O/c1-3-11-8-12(15(2)14-11)9-13(16)10-6-4-5-7-10/h8,10H,3-7,9H2,1-2H3. The molecule has 16 heavy (non-hydrogen) atoms. The minimum atomic E-state index is 0.319. The van der Waals surface area contributed by atoms with Crippen molar-refractivity contribution < 1.29 is 4.79 Å². The predicted octanol–water partition coefficient (Wildman–Crippen LogP) is 2.28. The van der Waals surface area contributed by atoms with Gasteiger partial charge in [-0.25, -0.2) is 0 Å². The molecule has 0 aliphatic heterocycles. The van der Waals surface area contributed by atoms with Gasteiger partial charge in [-0.1, -0.05) is 19.8 Å². The first-order valence-corrected chi connectivity index (χ1v) is 6.25. The van der Waals surface area contributed by atoms with Crippen LogP contribution < -0.4 is 0 Å². The fraction of sp³-hybridized carbons (Fsp3) is 0.692. The van der Waals surface area contributed by atoms with Gasteiger partial charge in [0.25, 0.3) is 0 Å². The molecular formula is C13H20N2O. The molecule has 3 heteroatoms. The van der Waals surface area contributed by atoms with Crippen molar-refractivity contribution >= 4 is 5.78 Å². The van der Waals surface area contributed by atoms with Crippen LogP contribution in [0.5, 0.6) is 0 Å². The molecule has 1 saturated carbocycles. The van der Waals surface area contributed by atoms with Crippen LogP contribution in [0.25, 0.3) is 0 Å². The summed E-state index contributed by atoms with van der Waals surface area (Å²) < 4.78 is 1.85. The number of aromatic nitrogens is 2. The lowest BCUT2D eigenvalue weighted by atomic mass is 9.99. The number of carbonyl (C=O) groups is 1. The van der Waals surface area contributed by atoms with Crippen LogP contribution in [0.2, 0.25) is 0 Å². The quantitative estimate of drug-likeness (QED) is 0.780. The maximum absolute atomic E-state index is 12.0. The van der Waals surface area contributed by atoms with E-state index in [1.165, 1.54) is 12.8 Å². The Kier molecular flexibility index (Phi) is 3.42. The molecule has 0 unspecified atom stereocenters. The number of carbonyl (C=O) groups excluding carboxylic acids is 1. The average molecular weight is 220 g/mol. The Morgan fingerprint density at radius 2 is 2.19 bits per heavy atom. The highest BCUT2D eigenvalue weighted by Gasteiger charge is 2.23. The number of ketones is 1. The molecule has 0 amide bonds. The molecule has 0 aromatic carbocycles. The molecule has 0 saturated heterocycles. The Labute approximate surface area is 96.8 Å². The van der Waals surface area contributed by atoms with Crippen LogP contribution in [0.15, 0.2) is 6.07 Å². The second kappa shape index (κ2) is 4.81. The van der Waals surface area contributed by atoms with Gasteiger partial charge in [-0.2, -0.15) is 5.10 Å². The minimum absolute atomic E-state index is 0.319. The summed E-state index contributed by atoms with van der Waals surface area (Å²) in [5.74, 6) is 0.725. The van der Waals surface area contributed by atoms with Crippen molar-refractivity contribution in [3.8, 4) is 0 Å². The van der Waals surface area contributed by atoms with Crippen molar-refractivity contribution in [3.63, 3.8) is 0 Å². The number of hydrogen-bond donors (Lipinski definition) is 0. The molecule has 1 aromatic heterocycles. The summed E-state index contributed by atoms with van der Waals surface area (Å²) in [5.41, 5.74) is 2.14. The monoisotopic (exact) mass is 220 g/mol.